The number of carbonyl (C=O) groups is 2. The van der Waals surface area contributed by atoms with Gasteiger partial charge in [-0.25, -0.2) is 0 Å². The number of rotatable bonds is 3. The minimum Gasteiger partial charge on any atom is -0.462 e. The van der Waals surface area contributed by atoms with Crippen molar-refractivity contribution >= 4 is 23.3 Å². The zero-order valence-electron chi connectivity index (χ0n) is 17.9. The maximum absolute atomic E-state index is 14.4. The number of nitrogens with two attached hydrogens (primary N) is 1. The van der Waals surface area contributed by atoms with Gasteiger partial charge in [-0.1, -0.05) is 36.4 Å². The molecule has 0 aromatic heterocycles. The summed E-state index contributed by atoms with van der Waals surface area (Å²) in [6.07, 6.45) is 3.31. The highest BCUT2D eigenvalue weighted by atomic mass is 16.6. The molecule has 0 spiro atoms. The normalized spacial score (nSPS) is 34.4. The minimum absolute atomic E-state index is 0.0720. The topological polar surface area (TPSA) is 72.6 Å². The maximum Gasteiger partial charge on any atom is 0.309 e. The Morgan fingerprint density at radius 3 is 2.19 bits per heavy atom. The zero-order valence-corrected chi connectivity index (χ0v) is 17.9. The molecule has 1 saturated heterocycles. The number of hydrogen-bond donors (Lipinski definition) is 1. The molecule has 2 aromatic rings. The number of esters is 1. The molecule has 2 unspecified atom stereocenters. The number of fused-ring (bicyclic) bond motifs is 2. The molecule has 1 amide bonds. The van der Waals surface area contributed by atoms with Crippen LogP contribution < -0.4 is 10.6 Å². The van der Waals surface area contributed by atoms with E-state index in [1.807, 2.05) is 72.5 Å². The van der Waals surface area contributed by atoms with Crippen molar-refractivity contribution in [3.8, 4) is 0 Å². The molecule has 162 valence electrons. The fraction of sp³-hybridized carbons (Fsp3) is 0.462. The van der Waals surface area contributed by atoms with Gasteiger partial charge in [0.25, 0.3) is 0 Å². The number of hydrogen-bond acceptors (Lipinski definition) is 4. The summed E-state index contributed by atoms with van der Waals surface area (Å²) in [6, 6.07) is 19.8. The van der Waals surface area contributed by atoms with E-state index in [9.17, 15) is 9.59 Å². The van der Waals surface area contributed by atoms with Crippen molar-refractivity contribution in [1.82, 2.24) is 0 Å². The van der Waals surface area contributed by atoms with Gasteiger partial charge in [-0.3, -0.25) is 14.5 Å². The van der Waals surface area contributed by atoms with Crippen LogP contribution in [0.3, 0.4) is 0 Å². The van der Waals surface area contributed by atoms with Gasteiger partial charge in [-0.15, -0.1) is 0 Å². The number of amides is 1. The highest BCUT2D eigenvalue weighted by molar-refractivity contribution is 6.02. The number of anilines is 2. The molecule has 0 radical (unpaired) electrons. The van der Waals surface area contributed by atoms with Crippen LogP contribution in [0.2, 0.25) is 0 Å². The van der Waals surface area contributed by atoms with E-state index in [1.54, 1.807) is 0 Å². The molecule has 2 N–H and O–H groups in total. The number of carbonyl (C=O) groups excluding carboxylic acids is 2. The fourth-order valence-electron chi connectivity index (χ4n) is 6.36. The lowest BCUT2D eigenvalue weighted by atomic mass is 9.56. The van der Waals surface area contributed by atoms with Gasteiger partial charge in [0, 0.05) is 29.3 Å². The number of cyclic esters (lactones) is 1. The van der Waals surface area contributed by atoms with Gasteiger partial charge < -0.3 is 10.5 Å². The first kappa shape index (κ1) is 20.3. The Kier molecular flexibility index (Phi) is 5.30. The largest absolute Gasteiger partial charge is 0.462 e. The molecule has 1 heterocycles. The second kappa shape index (κ2) is 8.12. The molecule has 31 heavy (non-hydrogen) atoms. The molecule has 7 atom stereocenters. The number of para-hydroxylation sites is 2. The van der Waals surface area contributed by atoms with Crippen LogP contribution >= 0.6 is 0 Å². The molecule has 2 aliphatic carbocycles. The molecule has 5 nitrogen and oxygen atoms in total. The van der Waals surface area contributed by atoms with Crippen LogP contribution in [-0.4, -0.2) is 24.0 Å². The first-order valence-corrected chi connectivity index (χ1v) is 11.4. The van der Waals surface area contributed by atoms with Crippen LogP contribution in [0, 0.1) is 29.6 Å². The predicted octanol–water partition coefficient (Wildman–Crippen LogP) is 4.29. The summed E-state index contributed by atoms with van der Waals surface area (Å²) < 4.78 is 5.67. The van der Waals surface area contributed by atoms with Crippen LogP contribution in [0.5, 0.6) is 0 Å². The predicted molar refractivity (Wildman–Crippen MR) is 119 cm³/mol. The summed E-state index contributed by atoms with van der Waals surface area (Å²) in [6.45, 7) is 1.95. The summed E-state index contributed by atoms with van der Waals surface area (Å²) in [5.74, 6) is -0.0697. The van der Waals surface area contributed by atoms with Crippen LogP contribution in [0.4, 0.5) is 11.4 Å². The van der Waals surface area contributed by atoms with E-state index in [4.69, 9.17) is 10.5 Å². The molecule has 1 aliphatic heterocycles. The van der Waals surface area contributed by atoms with Crippen LogP contribution in [0.1, 0.15) is 32.6 Å². The smallest absolute Gasteiger partial charge is 0.309 e. The van der Waals surface area contributed by atoms with Crippen molar-refractivity contribution in [2.45, 2.75) is 44.8 Å². The van der Waals surface area contributed by atoms with Crippen molar-refractivity contribution in [2.24, 2.45) is 35.3 Å². The highest BCUT2D eigenvalue weighted by Gasteiger charge is 2.58. The minimum atomic E-state index is -0.252. The monoisotopic (exact) mass is 418 g/mol. The molecule has 0 bridgehead atoms. The first-order valence-electron chi connectivity index (χ1n) is 11.4. The quantitative estimate of drug-likeness (QED) is 0.755. The second-order valence-electron chi connectivity index (χ2n) is 9.43. The maximum atomic E-state index is 14.4. The molecule has 3 fully saturated rings. The van der Waals surface area contributed by atoms with Crippen molar-refractivity contribution in [2.75, 3.05) is 4.90 Å². The van der Waals surface area contributed by atoms with E-state index in [-0.39, 0.29) is 47.7 Å². The number of benzene rings is 2. The summed E-state index contributed by atoms with van der Waals surface area (Å²) in [7, 11) is 0. The number of nitrogens with zero attached hydrogens (tertiary/aromatic N) is 1. The van der Waals surface area contributed by atoms with Crippen molar-refractivity contribution in [3.63, 3.8) is 0 Å². The van der Waals surface area contributed by atoms with Crippen LogP contribution in [0.25, 0.3) is 0 Å². The average Bonchev–Trinajstić information content (AvgIpc) is 3.06. The van der Waals surface area contributed by atoms with Gasteiger partial charge in [-0.2, -0.15) is 0 Å². The van der Waals surface area contributed by atoms with Gasteiger partial charge in [0.05, 0.1) is 5.92 Å². The van der Waals surface area contributed by atoms with E-state index in [1.165, 1.54) is 0 Å². The highest BCUT2D eigenvalue weighted by Crippen LogP contribution is 2.54. The lowest BCUT2D eigenvalue weighted by molar-refractivity contribution is -0.144. The molecule has 3 aliphatic rings. The average molecular weight is 419 g/mol. The van der Waals surface area contributed by atoms with E-state index in [2.05, 4.69) is 0 Å². The van der Waals surface area contributed by atoms with Gasteiger partial charge in [-0.05, 0) is 68.7 Å². The third-order valence-corrected chi connectivity index (χ3v) is 7.66. The van der Waals surface area contributed by atoms with Crippen molar-refractivity contribution in [3.05, 3.63) is 60.7 Å². The van der Waals surface area contributed by atoms with E-state index >= 15 is 0 Å². The van der Waals surface area contributed by atoms with Gasteiger partial charge in [0.1, 0.15) is 6.10 Å². The Bertz CT molecular complexity index is 908. The van der Waals surface area contributed by atoms with E-state index < -0.39 is 0 Å². The third kappa shape index (κ3) is 3.55. The van der Waals surface area contributed by atoms with E-state index in [0.717, 1.165) is 37.1 Å². The zero-order chi connectivity index (χ0) is 21.5. The molecular weight excluding hydrogens is 388 g/mol. The molecule has 2 saturated carbocycles. The molecule has 2 aromatic carbocycles. The Morgan fingerprint density at radius 2 is 1.58 bits per heavy atom. The summed E-state index contributed by atoms with van der Waals surface area (Å²) in [4.78, 5) is 28.9. The molecule has 5 heteroatoms. The van der Waals surface area contributed by atoms with Gasteiger partial charge in [0.15, 0.2) is 0 Å². The molecular formula is C26H30N2O3. The van der Waals surface area contributed by atoms with Gasteiger partial charge >= 0.3 is 5.97 Å². The van der Waals surface area contributed by atoms with Crippen LogP contribution in [0.15, 0.2) is 60.7 Å². The lowest BCUT2D eigenvalue weighted by Gasteiger charge is -2.48. The Morgan fingerprint density at radius 1 is 0.968 bits per heavy atom. The number of ether oxygens (including phenoxy) is 1. The SMILES string of the molecule is C[C@H]1OC(=O)C2CC3C[C@H](N)CC[C@H]3[C@H](C(=O)N(c3ccccc3)c3ccccc3)[C@@H]21. The Hall–Kier alpha value is -2.66. The Balaban J connectivity index is 1.58. The lowest BCUT2D eigenvalue weighted by Crippen LogP contribution is -2.52. The summed E-state index contributed by atoms with van der Waals surface area (Å²) in [5.41, 5.74) is 7.99. The fourth-order valence-corrected chi connectivity index (χ4v) is 6.36. The van der Waals surface area contributed by atoms with Crippen molar-refractivity contribution < 1.29 is 14.3 Å². The van der Waals surface area contributed by atoms with Gasteiger partial charge in [0.2, 0.25) is 5.91 Å². The van der Waals surface area contributed by atoms with Crippen LogP contribution in [-0.2, 0) is 14.3 Å². The summed E-state index contributed by atoms with van der Waals surface area (Å²) >= 11 is 0. The third-order valence-electron chi connectivity index (χ3n) is 7.66. The summed E-state index contributed by atoms with van der Waals surface area (Å²) in [5, 5.41) is 0. The van der Waals surface area contributed by atoms with E-state index in [0.29, 0.717) is 5.92 Å². The second-order valence-corrected chi connectivity index (χ2v) is 9.43. The standard InChI is InChI=1S/C26H30N2O3/c1-16-23-22(26(30)31-16)15-17-14-18(27)12-13-21(17)24(23)25(29)28(19-8-4-2-5-9-19)20-10-6-3-7-11-20/h2-11,16-18,21-24H,12-15,27H2,1H3/t16-,17?,18-,21-,22?,23-,24+/m1/s1. The molecule has 5 rings (SSSR count). The Labute approximate surface area is 183 Å². The first-order chi connectivity index (χ1) is 15.0. The van der Waals surface area contributed by atoms with Crippen molar-refractivity contribution in [1.29, 1.82) is 0 Å².